The van der Waals surface area contributed by atoms with Crippen LogP contribution in [-0.2, 0) is 25.7 Å². The van der Waals surface area contributed by atoms with Crippen LogP contribution >= 0.6 is 0 Å². The Hall–Kier alpha value is -3.79. The van der Waals surface area contributed by atoms with E-state index in [9.17, 15) is 14.0 Å². The lowest BCUT2D eigenvalue weighted by molar-refractivity contribution is -0.131. The molecule has 39 heavy (non-hydrogen) atoms. The predicted molar refractivity (Wildman–Crippen MR) is 146 cm³/mol. The fraction of sp³-hybridized carbons (Fsp3) is 0.333. The molecule has 9 heteroatoms. The van der Waals surface area contributed by atoms with Gasteiger partial charge in [-0.25, -0.2) is 4.39 Å². The summed E-state index contributed by atoms with van der Waals surface area (Å²) in [5.74, 6) is 0.0270. The Morgan fingerprint density at radius 1 is 0.949 bits per heavy atom. The number of hydrogen-bond acceptors (Lipinski definition) is 6. The standard InChI is InChI=1S/C30H34FN3O5/c1-21-16-34(17-22(2)38-21)18-29(35)33-28(20-37-19-23-6-4-3-5-7-23)30(36)32-25-10-14-27(15-11-25)39-26-12-8-24(31)9-13-26/h3-15,21-22,28H,16-20H2,1-2H3,(H,32,36)(H,33,35)/t21?,22?,28-/m0/s1. The van der Waals surface area contributed by atoms with E-state index in [-0.39, 0.29) is 37.1 Å². The van der Waals surface area contributed by atoms with Crippen molar-refractivity contribution in [3.63, 3.8) is 0 Å². The topological polar surface area (TPSA) is 89.1 Å². The van der Waals surface area contributed by atoms with Crippen LogP contribution in [-0.4, -0.2) is 61.2 Å². The van der Waals surface area contributed by atoms with E-state index in [0.29, 0.717) is 36.9 Å². The van der Waals surface area contributed by atoms with Crippen LogP contribution in [0.3, 0.4) is 0 Å². The number of nitrogens with one attached hydrogen (secondary N) is 2. The van der Waals surface area contributed by atoms with Crippen molar-refractivity contribution >= 4 is 17.5 Å². The Morgan fingerprint density at radius 3 is 2.21 bits per heavy atom. The number of hydrogen-bond donors (Lipinski definition) is 2. The molecule has 3 aromatic rings. The van der Waals surface area contributed by atoms with Gasteiger partial charge in [0.25, 0.3) is 0 Å². The second-order valence-electron chi connectivity index (χ2n) is 9.64. The minimum atomic E-state index is -0.896. The molecule has 1 saturated heterocycles. The van der Waals surface area contributed by atoms with Gasteiger partial charge < -0.3 is 24.8 Å². The maximum atomic E-state index is 13.2. The van der Waals surface area contributed by atoms with Gasteiger partial charge in [-0.3, -0.25) is 14.5 Å². The number of ether oxygens (including phenoxy) is 3. The molecule has 0 spiro atoms. The molecule has 2 unspecified atom stereocenters. The van der Waals surface area contributed by atoms with E-state index in [1.165, 1.54) is 24.3 Å². The lowest BCUT2D eigenvalue weighted by atomic mass is 10.2. The maximum absolute atomic E-state index is 13.2. The zero-order valence-electron chi connectivity index (χ0n) is 22.1. The van der Waals surface area contributed by atoms with Gasteiger partial charge in [-0.2, -0.15) is 0 Å². The van der Waals surface area contributed by atoms with Crippen molar-refractivity contribution < 1.29 is 28.2 Å². The first-order valence-electron chi connectivity index (χ1n) is 13.0. The molecule has 8 nitrogen and oxygen atoms in total. The molecular weight excluding hydrogens is 501 g/mol. The molecule has 0 bridgehead atoms. The molecule has 0 aromatic heterocycles. The fourth-order valence-electron chi connectivity index (χ4n) is 4.38. The number of carbonyl (C=O) groups excluding carboxylic acids is 2. The molecule has 0 aliphatic carbocycles. The number of benzene rings is 3. The van der Waals surface area contributed by atoms with E-state index >= 15 is 0 Å². The van der Waals surface area contributed by atoms with E-state index < -0.39 is 11.9 Å². The van der Waals surface area contributed by atoms with Crippen molar-refractivity contribution in [1.29, 1.82) is 0 Å². The van der Waals surface area contributed by atoms with E-state index in [2.05, 4.69) is 10.6 Å². The fourth-order valence-corrected chi connectivity index (χ4v) is 4.38. The van der Waals surface area contributed by atoms with E-state index in [1.54, 1.807) is 24.3 Å². The summed E-state index contributed by atoms with van der Waals surface area (Å²) in [4.78, 5) is 28.1. The number of halogens is 1. The molecule has 206 valence electrons. The Morgan fingerprint density at radius 2 is 1.56 bits per heavy atom. The number of anilines is 1. The minimum Gasteiger partial charge on any atom is -0.457 e. The molecular formula is C30H34FN3O5. The largest absolute Gasteiger partial charge is 0.457 e. The summed E-state index contributed by atoms with van der Waals surface area (Å²) < 4.78 is 30.4. The van der Waals surface area contributed by atoms with Crippen molar-refractivity contribution in [2.24, 2.45) is 0 Å². The van der Waals surface area contributed by atoms with Crippen LogP contribution in [0, 0.1) is 5.82 Å². The van der Waals surface area contributed by atoms with Crippen LogP contribution < -0.4 is 15.4 Å². The van der Waals surface area contributed by atoms with Gasteiger partial charge in [0.2, 0.25) is 11.8 Å². The lowest BCUT2D eigenvalue weighted by Crippen LogP contribution is -2.53. The summed E-state index contributed by atoms with van der Waals surface area (Å²) in [6.45, 7) is 5.73. The van der Waals surface area contributed by atoms with Gasteiger partial charge in [-0.15, -0.1) is 0 Å². The molecule has 2 N–H and O–H groups in total. The molecule has 0 radical (unpaired) electrons. The Kier molecular flexibility index (Phi) is 10.0. The van der Waals surface area contributed by atoms with Crippen LogP contribution in [0.5, 0.6) is 11.5 Å². The van der Waals surface area contributed by atoms with Crippen LogP contribution in [0.1, 0.15) is 19.4 Å². The predicted octanol–water partition coefficient (Wildman–Crippen LogP) is 4.37. The van der Waals surface area contributed by atoms with Crippen LogP contribution in [0.2, 0.25) is 0 Å². The van der Waals surface area contributed by atoms with Crippen LogP contribution in [0.4, 0.5) is 10.1 Å². The highest BCUT2D eigenvalue weighted by Gasteiger charge is 2.26. The molecule has 3 aromatic carbocycles. The first-order chi connectivity index (χ1) is 18.8. The molecule has 1 fully saturated rings. The molecule has 1 heterocycles. The zero-order valence-corrected chi connectivity index (χ0v) is 22.1. The SMILES string of the molecule is CC1CN(CC(=O)N[C@@H](COCc2ccccc2)C(=O)Nc2ccc(Oc3ccc(F)cc3)cc2)CC(C)O1. The van der Waals surface area contributed by atoms with Gasteiger partial charge in [-0.05, 0) is 67.9 Å². The first kappa shape index (κ1) is 28.2. The molecule has 2 amide bonds. The third-order valence-electron chi connectivity index (χ3n) is 6.08. The molecule has 1 aliphatic heterocycles. The summed E-state index contributed by atoms with van der Waals surface area (Å²) >= 11 is 0. The quantitative estimate of drug-likeness (QED) is 0.379. The first-order valence-corrected chi connectivity index (χ1v) is 13.0. The van der Waals surface area contributed by atoms with E-state index in [1.807, 2.05) is 49.1 Å². The maximum Gasteiger partial charge on any atom is 0.249 e. The van der Waals surface area contributed by atoms with E-state index in [0.717, 1.165) is 5.56 Å². The highest BCUT2D eigenvalue weighted by molar-refractivity contribution is 5.97. The average Bonchev–Trinajstić information content (AvgIpc) is 2.90. The number of rotatable bonds is 11. The smallest absolute Gasteiger partial charge is 0.249 e. The van der Waals surface area contributed by atoms with Crippen LogP contribution in [0.15, 0.2) is 78.9 Å². The average molecular weight is 536 g/mol. The van der Waals surface area contributed by atoms with Crippen molar-refractivity contribution in [3.05, 3.63) is 90.2 Å². The summed E-state index contributed by atoms with van der Waals surface area (Å²) in [7, 11) is 0. The van der Waals surface area contributed by atoms with Crippen molar-refractivity contribution in [2.45, 2.75) is 38.7 Å². The van der Waals surface area contributed by atoms with Crippen molar-refractivity contribution in [2.75, 3.05) is 31.6 Å². The second kappa shape index (κ2) is 13.8. The number of amides is 2. The number of carbonyl (C=O) groups is 2. The van der Waals surface area contributed by atoms with Gasteiger partial charge >= 0.3 is 0 Å². The number of morpholine rings is 1. The molecule has 4 rings (SSSR count). The summed E-state index contributed by atoms with van der Waals surface area (Å²) in [5.41, 5.74) is 1.50. The highest BCUT2D eigenvalue weighted by Crippen LogP contribution is 2.23. The molecule has 1 aliphatic rings. The van der Waals surface area contributed by atoms with Crippen LogP contribution in [0.25, 0.3) is 0 Å². The van der Waals surface area contributed by atoms with Gasteiger partial charge in [0.05, 0.1) is 32.0 Å². The summed E-state index contributed by atoms with van der Waals surface area (Å²) in [6, 6.07) is 21.2. The second-order valence-corrected chi connectivity index (χ2v) is 9.64. The Bertz CT molecular complexity index is 1200. The molecule has 0 saturated carbocycles. The van der Waals surface area contributed by atoms with Gasteiger partial charge in [0.15, 0.2) is 0 Å². The monoisotopic (exact) mass is 535 g/mol. The minimum absolute atomic E-state index is 0.00808. The Labute approximate surface area is 228 Å². The summed E-state index contributed by atoms with van der Waals surface area (Å²) in [5, 5.41) is 5.68. The van der Waals surface area contributed by atoms with Crippen molar-refractivity contribution in [3.8, 4) is 11.5 Å². The van der Waals surface area contributed by atoms with Gasteiger partial charge in [0, 0.05) is 18.8 Å². The third-order valence-corrected chi connectivity index (χ3v) is 6.08. The zero-order chi connectivity index (χ0) is 27.6. The number of nitrogens with zero attached hydrogens (tertiary/aromatic N) is 1. The van der Waals surface area contributed by atoms with E-state index in [4.69, 9.17) is 14.2 Å². The van der Waals surface area contributed by atoms with Crippen molar-refractivity contribution in [1.82, 2.24) is 10.2 Å². The van der Waals surface area contributed by atoms with Gasteiger partial charge in [0.1, 0.15) is 23.4 Å². The Balaban J connectivity index is 1.36. The highest BCUT2D eigenvalue weighted by atomic mass is 19.1. The summed E-state index contributed by atoms with van der Waals surface area (Å²) in [6.07, 6.45) is 0.0646. The normalized spacial score (nSPS) is 18.2. The molecule has 3 atom stereocenters. The third kappa shape index (κ3) is 9.17. The van der Waals surface area contributed by atoms with Gasteiger partial charge in [-0.1, -0.05) is 30.3 Å². The lowest BCUT2D eigenvalue weighted by Gasteiger charge is -2.35.